The van der Waals surface area contributed by atoms with Crippen LogP contribution in [0.5, 0.6) is 0 Å². The summed E-state index contributed by atoms with van der Waals surface area (Å²) in [4.78, 5) is 16.9. The minimum Gasteiger partial charge on any atom is -0.448 e. The van der Waals surface area contributed by atoms with Crippen LogP contribution in [0.25, 0.3) is 11.1 Å². The van der Waals surface area contributed by atoms with Crippen LogP contribution in [0.1, 0.15) is 29.9 Å². The first-order chi connectivity index (χ1) is 13.8. The summed E-state index contributed by atoms with van der Waals surface area (Å²) >= 11 is 0. The molecule has 1 heterocycles. The van der Waals surface area contributed by atoms with Crippen LogP contribution < -0.4 is 0 Å². The van der Waals surface area contributed by atoms with Gasteiger partial charge in [-0.05, 0) is 35.2 Å². The average molecular weight is 374 g/mol. The standard InChI is InChI=1S/C24H26N2O2/c1-2-3-13-25-14-8-15-26(17-16-25)24(27)28-18-23-21-11-6-4-9-19(21)20-10-5-7-12-22(20)23/h1,4-7,9-12,23H,3,8,13-18H2. The molecule has 2 aliphatic rings. The van der Waals surface area contributed by atoms with Gasteiger partial charge in [-0.15, -0.1) is 12.3 Å². The Morgan fingerprint density at radius 3 is 2.36 bits per heavy atom. The number of carbonyl (C=O) groups is 1. The van der Waals surface area contributed by atoms with Crippen molar-refractivity contribution >= 4 is 6.09 Å². The maximum absolute atomic E-state index is 12.7. The zero-order valence-corrected chi connectivity index (χ0v) is 16.1. The fourth-order valence-corrected chi connectivity index (χ4v) is 4.29. The number of rotatable bonds is 4. The number of nitrogens with zero attached hydrogens (tertiary/aromatic N) is 2. The van der Waals surface area contributed by atoms with E-state index in [9.17, 15) is 4.79 Å². The highest BCUT2D eigenvalue weighted by Gasteiger charge is 2.30. The molecule has 4 nitrogen and oxygen atoms in total. The van der Waals surface area contributed by atoms with Gasteiger partial charge in [-0.25, -0.2) is 4.79 Å². The van der Waals surface area contributed by atoms with E-state index < -0.39 is 0 Å². The van der Waals surface area contributed by atoms with Crippen LogP contribution in [0, 0.1) is 12.3 Å². The van der Waals surface area contributed by atoms with Crippen LogP contribution in [0.15, 0.2) is 48.5 Å². The summed E-state index contributed by atoms with van der Waals surface area (Å²) in [5.74, 6) is 2.80. The Morgan fingerprint density at radius 2 is 1.68 bits per heavy atom. The summed E-state index contributed by atoms with van der Waals surface area (Å²) in [7, 11) is 0. The van der Waals surface area contributed by atoms with E-state index in [-0.39, 0.29) is 12.0 Å². The van der Waals surface area contributed by atoms with Gasteiger partial charge in [0.05, 0.1) is 0 Å². The van der Waals surface area contributed by atoms with Gasteiger partial charge in [0, 0.05) is 38.5 Å². The molecule has 1 amide bonds. The molecule has 0 radical (unpaired) electrons. The molecule has 2 aromatic rings. The average Bonchev–Trinajstić information content (AvgIpc) is 2.87. The van der Waals surface area contributed by atoms with Crippen molar-refractivity contribution in [3.05, 3.63) is 59.7 Å². The lowest BCUT2D eigenvalue weighted by Crippen LogP contribution is -2.36. The molecule has 0 saturated carbocycles. The number of benzene rings is 2. The lowest BCUT2D eigenvalue weighted by atomic mass is 9.98. The van der Waals surface area contributed by atoms with Gasteiger partial charge in [-0.1, -0.05) is 48.5 Å². The molecule has 2 aromatic carbocycles. The SMILES string of the molecule is C#CCCN1CCCN(C(=O)OCC2c3ccccc3-c3ccccc32)CC1. The van der Waals surface area contributed by atoms with Crippen molar-refractivity contribution in [3.8, 4) is 23.5 Å². The van der Waals surface area contributed by atoms with Gasteiger partial charge in [-0.2, -0.15) is 0 Å². The van der Waals surface area contributed by atoms with Crippen LogP contribution in [0.4, 0.5) is 4.79 Å². The fraction of sp³-hybridized carbons (Fsp3) is 0.375. The minimum atomic E-state index is -0.208. The van der Waals surface area contributed by atoms with E-state index in [0.29, 0.717) is 13.2 Å². The summed E-state index contributed by atoms with van der Waals surface area (Å²) in [6.45, 7) is 4.55. The van der Waals surface area contributed by atoms with Gasteiger partial charge in [0.15, 0.2) is 0 Å². The normalized spacial score (nSPS) is 16.8. The zero-order valence-electron chi connectivity index (χ0n) is 16.1. The smallest absolute Gasteiger partial charge is 0.409 e. The minimum absolute atomic E-state index is 0.107. The van der Waals surface area contributed by atoms with Gasteiger partial charge in [0.1, 0.15) is 6.61 Å². The van der Waals surface area contributed by atoms with Crippen molar-refractivity contribution in [2.75, 3.05) is 39.3 Å². The Bertz CT molecular complexity index is 841. The van der Waals surface area contributed by atoms with Crippen molar-refractivity contribution in [2.24, 2.45) is 0 Å². The largest absolute Gasteiger partial charge is 0.448 e. The summed E-state index contributed by atoms with van der Waals surface area (Å²) in [5.41, 5.74) is 4.98. The third-order valence-electron chi connectivity index (χ3n) is 5.76. The van der Waals surface area contributed by atoms with Crippen LogP contribution >= 0.6 is 0 Å². The molecular weight excluding hydrogens is 348 g/mol. The third kappa shape index (κ3) is 3.76. The first-order valence-electron chi connectivity index (χ1n) is 10.0. The number of ether oxygens (including phenoxy) is 1. The lowest BCUT2D eigenvalue weighted by Gasteiger charge is -2.22. The monoisotopic (exact) mass is 374 g/mol. The summed E-state index contributed by atoms with van der Waals surface area (Å²) in [6.07, 6.45) is 6.87. The van der Waals surface area contributed by atoms with Crippen LogP contribution in [0.2, 0.25) is 0 Å². The van der Waals surface area contributed by atoms with Crippen molar-refractivity contribution in [1.29, 1.82) is 0 Å². The van der Waals surface area contributed by atoms with E-state index in [1.165, 1.54) is 22.3 Å². The third-order valence-corrected chi connectivity index (χ3v) is 5.76. The van der Waals surface area contributed by atoms with E-state index >= 15 is 0 Å². The Morgan fingerprint density at radius 1 is 1.00 bits per heavy atom. The van der Waals surface area contributed by atoms with Crippen LogP contribution in [-0.2, 0) is 4.74 Å². The first kappa shape index (κ1) is 18.6. The topological polar surface area (TPSA) is 32.8 Å². The second-order valence-corrected chi connectivity index (χ2v) is 7.44. The highest BCUT2D eigenvalue weighted by atomic mass is 16.6. The Hall–Kier alpha value is -2.77. The Balaban J connectivity index is 1.40. The zero-order chi connectivity index (χ0) is 19.3. The lowest BCUT2D eigenvalue weighted by molar-refractivity contribution is 0.101. The molecule has 144 valence electrons. The van der Waals surface area contributed by atoms with E-state index in [1.807, 2.05) is 4.90 Å². The maximum Gasteiger partial charge on any atom is 0.409 e. The fourth-order valence-electron chi connectivity index (χ4n) is 4.29. The summed E-state index contributed by atoms with van der Waals surface area (Å²) < 4.78 is 5.79. The Labute approximate surface area is 167 Å². The number of hydrogen-bond donors (Lipinski definition) is 0. The van der Waals surface area contributed by atoms with Gasteiger partial charge < -0.3 is 14.5 Å². The number of amides is 1. The molecule has 4 heteroatoms. The highest BCUT2D eigenvalue weighted by Crippen LogP contribution is 2.44. The molecule has 4 rings (SSSR count). The number of hydrogen-bond acceptors (Lipinski definition) is 3. The molecule has 28 heavy (non-hydrogen) atoms. The van der Waals surface area contributed by atoms with Gasteiger partial charge >= 0.3 is 6.09 Å². The second-order valence-electron chi connectivity index (χ2n) is 7.44. The molecule has 0 aromatic heterocycles. The number of carbonyl (C=O) groups excluding carboxylic acids is 1. The summed E-state index contributed by atoms with van der Waals surface area (Å²) in [6, 6.07) is 16.8. The highest BCUT2D eigenvalue weighted by molar-refractivity contribution is 5.79. The quantitative estimate of drug-likeness (QED) is 0.760. The predicted octanol–water partition coefficient (Wildman–Crippen LogP) is 3.97. The molecule has 1 saturated heterocycles. The van der Waals surface area contributed by atoms with E-state index in [1.54, 1.807) is 0 Å². The number of fused-ring (bicyclic) bond motifs is 3. The van der Waals surface area contributed by atoms with E-state index in [4.69, 9.17) is 11.2 Å². The molecule has 0 N–H and O–H groups in total. The van der Waals surface area contributed by atoms with E-state index in [2.05, 4.69) is 59.4 Å². The molecule has 0 unspecified atom stereocenters. The molecule has 1 fully saturated rings. The van der Waals surface area contributed by atoms with Crippen molar-refractivity contribution in [3.63, 3.8) is 0 Å². The molecule has 0 spiro atoms. The van der Waals surface area contributed by atoms with Crippen molar-refractivity contribution in [2.45, 2.75) is 18.8 Å². The second kappa shape index (κ2) is 8.50. The molecule has 0 bridgehead atoms. The van der Waals surface area contributed by atoms with E-state index in [0.717, 1.165) is 39.0 Å². The summed E-state index contributed by atoms with van der Waals surface area (Å²) in [5, 5.41) is 0. The Kier molecular flexibility index (Phi) is 5.64. The molecular formula is C24H26N2O2. The molecule has 0 atom stereocenters. The van der Waals surface area contributed by atoms with Gasteiger partial charge in [-0.3, -0.25) is 0 Å². The van der Waals surface area contributed by atoms with Crippen LogP contribution in [-0.4, -0.2) is 55.2 Å². The van der Waals surface area contributed by atoms with Gasteiger partial charge in [0.25, 0.3) is 0 Å². The van der Waals surface area contributed by atoms with Crippen molar-refractivity contribution in [1.82, 2.24) is 9.80 Å². The predicted molar refractivity (Wildman–Crippen MR) is 111 cm³/mol. The maximum atomic E-state index is 12.7. The molecule has 1 aliphatic heterocycles. The van der Waals surface area contributed by atoms with Gasteiger partial charge in [0.2, 0.25) is 0 Å². The van der Waals surface area contributed by atoms with Crippen LogP contribution in [0.3, 0.4) is 0 Å². The van der Waals surface area contributed by atoms with Crippen molar-refractivity contribution < 1.29 is 9.53 Å². The number of terminal acetylenes is 1. The molecule has 1 aliphatic carbocycles. The first-order valence-corrected chi connectivity index (χ1v) is 10.0.